The second-order valence-electron chi connectivity index (χ2n) is 7.80. The summed E-state index contributed by atoms with van der Waals surface area (Å²) in [7, 11) is 2.01. The Balaban J connectivity index is 1.69. The predicted octanol–water partition coefficient (Wildman–Crippen LogP) is 3.85. The van der Waals surface area contributed by atoms with E-state index in [4.69, 9.17) is 21.3 Å². The van der Waals surface area contributed by atoms with Crippen molar-refractivity contribution in [2.24, 2.45) is 0 Å². The van der Waals surface area contributed by atoms with Crippen molar-refractivity contribution >= 4 is 33.5 Å². The van der Waals surface area contributed by atoms with Gasteiger partial charge in [0.25, 0.3) is 0 Å². The molecule has 0 saturated carbocycles. The van der Waals surface area contributed by atoms with Crippen molar-refractivity contribution in [1.82, 2.24) is 25.0 Å². The van der Waals surface area contributed by atoms with Gasteiger partial charge in [0, 0.05) is 42.7 Å². The van der Waals surface area contributed by atoms with E-state index in [1.165, 1.54) is 0 Å². The molecule has 7 heteroatoms. The highest BCUT2D eigenvalue weighted by Crippen LogP contribution is 2.34. The van der Waals surface area contributed by atoms with Crippen LogP contribution in [-0.2, 0) is 11.2 Å². The number of aromatic nitrogens is 3. The molecule has 1 N–H and O–H groups in total. The molecular formula is C21H24ClN5O. The van der Waals surface area contributed by atoms with Crippen LogP contribution < -0.4 is 5.43 Å². The summed E-state index contributed by atoms with van der Waals surface area (Å²) in [5, 5.41) is 3.78. The molecule has 1 unspecified atom stereocenters. The summed E-state index contributed by atoms with van der Waals surface area (Å²) >= 11 is 6.34. The Hall–Kier alpha value is -2.15. The van der Waals surface area contributed by atoms with E-state index >= 15 is 0 Å². The van der Waals surface area contributed by atoms with Gasteiger partial charge in [-0.1, -0.05) is 11.6 Å². The molecule has 3 atom stereocenters. The second-order valence-corrected chi connectivity index (χ2v) is 8.24. The van der Waals surface area contributed by atoms with Crippen LogP contribution in [0.3, 0.4) is 0 Å². The highest BCUT2D eigenvalue weighted by Gasteiger charge is 2.27. The number of hydrogen-bond donors (Lipinski definition) is 1. The van der Waals surface area contributed by atoms with Crippen molar-refractivity contribution in [1.29, 1.82) is 0 Å². The summed E-state index contributed by atoms with van der Waals surface area (Å²) in [4.78, 5) is 9.62. The number of hydrazine groups is 1. The van der Waals surface area contributed by atoms with Gasteiger partial charge < -0.3 is 14.3 Å². The normalized spacial score (nSPS) is 25.2. The number of nitrogens with zero attached hydrogens (tertiary/aromatic N) is 4. The summed E-state index contributed by atoms with van der Waals surface area (Å²) < 4.78 is 8.25. The maximum absolute atomic E-state index is 6.34. The number of hydrogen-bond acceptors (Lipinski definition) is 5. The van der Waals surface area contributed by atoms with E-state index in [2.05, 4.69) is 34.2 Å². The molecule has 1 saturated heterocycles. The third kappa shape index (κ3) is 3.15. The van der Waals surface area contributed by atoms with E-state index in [0.29, 0.717) is 6.04 Å². The SMILES string of the molecule is C[C@@H]1C[C@H](n2c(CC3C=CN(C)N3)nc3cnc4ccc(Cl)cc4c32)CCO1. The molecular weight excluding hydrogens is 374 g/mol. The quantitative estimate of drug-likeness (QED) is 0.727. The van der Waals surface area contributed by atoms with Crippen LogP contribution in [0.15, 0.2) is 36.7 Å². The van der Waals surface area contributed by atoms with Crippen LogP contribution in [0.1, 0.15) is 31.6 Å². The van der Waals surface area contributed by atoms with Crippen molar-refractivity contribution in [3.63, 3.8) is 0 Å². The number of ether oxygens (including phenoxy) is 1. The topological polar surface area (TPSA) is 55.2 Å². The molecule has 1 fully saturated rings. The standard InChI is InChI=1S/C21H24ClN5O/c1-13-9-16(6-8-28-13)27-20(11-15-5-7-26(2)25-15)24-19-12-23-18-4-3-14(22)10-17(18)21(19)27/h3-5,7,10,12-13,15-16,25H,6,8-9,11H2,1-2H3/t13-,15?,16-/m1/s1. The van der Waals surface area contributed by atoms with Gasteiger partial charge in [-0.25, -0.2) is 10.4 Å². The van der Waals surface area contributed by atoms with Crippen LogP contribution in [0.2, 0.25) is 5.02 Å². The summed E-state index contributed by atoms with van der Waals surface area (Å²) in [5.41, 5.74) is 6.45. The fourth-order valence-electron chi connectivity index (χ4n) is 4.43. The van der Waals surface area contributed by atoms with Gasteiger partial charge in [-0.2, -0.15) is 0 Å². The second kappa shape index (κ2) is 7.03. The lowest BCUT2D eigenvalue weighted by Gasteiger charge is -2.30. The lowest BCUT2D eigenvalue weighted by atomic mass is 10.0. The fraction of sp³-hybridized carbons (Fsp3) is 0.429. The molecule has 2 aliphatic heterocycles. The van der Waals surface area contributed by atoms with Crippen LogP contribution in [-0.4, -0.2) is 45.3 Å². The van der Waals surface area contributed by atoms with Crippen LogP contribution in [0.25, 0.3) is 21.9 Å². The van der Waals surface area contributed by atoms with Crippen LogP contribution in [0.4, 0.5) is 0 Å². The summed E-state index contributed by atoms with van der Waals surface area (Å²) in [6.45, 7) is 2.93. The van der Waals surface area contributed by atoms with Gasteiger partial charge in [-0.15, -0.1) is 0 Å². The first-order valence-electron chi connectivity index (χ1n) is 9.82. The fourth-order valence-corrected chi connectivity index (χ4v) is 4.61. The molecule has 4 heterocycles. The maximum atomic E-state index is 6.34. The number of benzene rings is 1. The molecule has 5 rings (SSSR count). The molecule has 0 radical (unpaired) electrons. The van der Waals surface area contributed by atoms with E-state index in [9.17, 15) is 0 Å². The Labute approximate surface area is 169 Å². The highest BCUT2D eigenvalue weighted by molar-refractivity contribution is 6.31. The van der Waals surface area contributed by atoms with Gasteiger partial charge >= 0.3 is 0 Å². The Morgan fingerprint density at radius 3 is 3.00 bits per heavy atom. The summed E-state index contributed by atoms with van der Waals surface area (Å²) in [6.07, 6.45) is 9.17. The van der Waals surface area contributed by atoms with Gasteiger partial charge in [0.1, 0.15) is 11.3 Å². The number of rotatable bonds is 3. The number of imidazole rings is 1. The van der Waals surface area contributed by atoms with Gasteiger partial charge in [0.05, 0.1) is 29.4 Å². The molecule has 2 aromatic heterocycles. The van der Waals surface area contributed by atoms with E-state index < -0.39 is 0 Å². The van der Waals surface area contributed by atoms with Crippen LogP contribution in [0.5, 0.6) is 0 Å². The van der Waals surface area contributed by atoms with Gasteiger partial charge in [-0.05, 0) is 44.0 Å². The lowest BCUT2D eigenvalue weighted by molar-refractivity contribution is 0.00621. The molecule has 0 amide bonds. The molecule has 146 valence electrons. The monoisotopic (exact) mass is 397 g/mol. The van der Waals surface area contributed by atoms with Crippen LogP contribution >= 0.6 is 11.6 Å². The average Bonchev–Trinajstić information content (AvgIpc) is 3.25. The van der Waals surface area contributed by atoms with Crippen molar-refractivity contribution in [3.05, 3.63) is 47.5 Å². The minimum atomic E-state index is 0.237. The Bertz CT molecular complexity index is 1060. The first-order chi connectivity index (χ1) is 13.6. The van der Waals surface area contributed by atoms with E-state index in [1.807, 2.05) is 36.5 Å². The van der Waals surface area contributed by atoms with Crippen molar-refractivity contribution in [3.8, 4) is 0 Å². The van der Waals surface area contributed by atoms with Crippen molar-refractivity contribution in [2.75, 3.05) is 13.7 Å². The van der Waals surface area contributed by atoms with Crippen molar-refractivity contribution in [2.45, 2.75) is 44.4 Å². The summed E-state index contributed by atoms with van der Waals surface area (Å²) in [5.74, 6) is 1.08. The molecule has 1 aromatic carbocycles. The maximum Gasteiger partial charge on any atom is 0.112 e. The first kappa shape index (κ1) is 17.9. The minimum Gasteiger partial charge on any atom is -0.378 e. The zero-order valence-corrected chi connectivity index (χ0v) is 16.9. The molecule has 0 spiro atoms. The Morgan fingerprint density at radius 2 is 2.21 bits per heavy atom. The smallest absolute Gasteiger partial charge is 0.112 e. The molecule has 3 aromatic rings. The molecule has 6 nitrogen and oxygen atoms in total. The number of fused-ring (bicyclic) bond motifs is 3. The zero-order chi connectivity index (χ0) is 19.3. The van der Waals surface area contributed by atoms with Gasteiger partial charge in [0.2, 0.25) is 0 Å². The van der Waals surface area contributed by atoms with E-state index in [1.54, 1.807) is 0 Å². The summed E-state index contributed by atoms with van der Waals surface area (Å²) in [6, 6.07) is 6.48. The Morgan fingerprint density at radius 1 is 1.32 bits per heavy atom. The molecule has 0 aliphatic carbocycles. The number of pyridine rings is 1. The number of halogens is 1. The predicted molar refractivity (Wildman–Crippen MR) is 111 cm³/mol. The first-order valence-corrected chi connectivity index (χ1v) is 10.2. The number of nitrogens with one attached hydrogen (secondary N) is 1. The largest absolute Gasteiger partial charge is 0.378 e. The van der Waals surface area contributed by atoms with Gasteiger partial charge in [0.15, 0.2) is 0 Å². The average molecular weight is 398 g/mol. The van der Waals surface area contributed by atoms with Crippen LogP contribution in [0, 0.1) is 0 Å². The Kier molecular flexibility index (Phi) is 4.50. The van der Waals surface area contributed by atoms with E-state index in [0.717, 1.165) is 58.7 Å². The zero-order valence-electron chi connectivity index (χ0n) is 16.1. The van der Waals surface area contributed by atoms with Crippen molar-refractivity contribution < 1.29 is 4.74 Å². The minimum absolute atomic E-state index is 0.237. The third-order valence-corrected chi connectivity index (χ3v) is 5.92. The lowest BCUT2D eigenvalue weighted by Crippen LogP contribution is -2.35. The van der Waals surface area contributed by atoms with Gasteiger partial charge in [-0.3, -0.25) is 4.98 Å². The molecule has 28 heavy (non-hydrogen) atoms. The molecule has 0 bridgehead atoms. The molecule has 2 aliphatic rings. The highest BCUT2D eigenvalue weighted by atomic mass is 35.5. The third-order valence-electron chi connectivity index (χ3n) is 5.69. The van der Waals surface area contributed by atoms with E-state index in [-0.39, 0.29) is 12.1 Å².